The van der Waals surface area contributed by atoms with Crippen LogP contribution in [0.1, 0.15) is 20.3 Å². The van der Waals surface area contributed by atoms with Gasteiger partial charge in [0, 0.05) is 13.6 Å². The summed E-state index contributed by atoms with van der Waals surface area (Å²) in [6.45, 7) is 5.40. The Balaban J connectivity index is 2.72. The van der Waals surface area contributed by atoms with Gasteiger partial charge in [-0.1, -0.05) is 13.8 Å². The molecule has 1 aliphatic heterocycles. The van der Waals surface area contributed by atoms with Gasteiger partial charge in [-0.2, -0.15) is 0 Å². The summed E-state index contributed by atoms with van der Waals surface area (Å²) in [6, 6.07) is -0.493. The zero-order chi connectivity index (χ0) is 13.0. The highest BCUT2D eigenvalue weighted by Gasteiger charge is 2.34. The summed E-state index contributed by atoms with van der Waals surface area (Å²) in [6.07, 6.45) is 0.842. The van der Waals surface area contributed by atoms with Crippen molar-refractivity contribution in [1.82, 2.24) is 10.2 Å². The van der Waals surface area contributed by atoms with Crippen LogP contribution in [-0.4, -0.2) is 50.1 Å². The number of nitrogens with one attached hydrogen (secondary N) is 1. The lowest BCUT2D eigenvalue weighted by Crippen LogP contribution is -2.48. The Kier molecular flexibility index (Phi) is 4.93. The van der Waals surface area contributed by atoms with Gasteiger partial charge in [0.05, 0.1) is 13.0 Å². The molecular weight excluding hydrogens is 220 g/mol. The van der Waals surface area contributed by atoms with E-state index in [1.54, 1.807) is 7.05 Å². The predicted octanol–water partition coefficient (Wildman–Crippen LogP) is 0.252. The van der Waals surface area contributed by atoms with E-state index in [0.717, 1.165) is 13.0 Å². The van der Waals surface area contributed by atoms with Gasteiger partial charge in [-0.15, -0.1) is 0 Å². The standard InChI is InChI=1S/C12H22N2O3/c1-8(2)10(12(16)17-4)14(3)11(15)9-5-6-13-7-9/h8-10,13H,5-7H2,1-4H3/t9-,10-/m0/s1. The number of carbonyl (C=O) groups is 2. The molecule has 1 amide bonds. The van der Waals surface area contributed by atoms with E-state index in [1.807, 2.05) is 13.8 Å². The van der Waals surface area contributed by atoms with Crippen molar-refractivity contribution < 1.29 is 14.3 Å². The molecule has 0 spiro atoms. The first kappa shape index (κ1) is 14.0. The minimum Gasteiger partial charge on any atom is -0.467 e. The Hall–Kier alpha value is -1.10. The van der Waals surface area contributed by atoms with Crippen LogP contribution in [0.3, 0.4) is 0 Å². The van der Waals surface area contributed by atoms with Crippen molar-refractivity contribution in [3.63, 3.8) is 0 Å². The van der Waals surface area contributed by atoms with E-state index in [9.17, 15) is 9.59 Å². The summed E-state index contributed by atoms with van der Waals surface area (Å²) in [5.41, 5.74) is 0. The molecule has 0 unspecified atom stereocenters. The van der Waals surface area contributed by atoms with Gasteiger partial charge in [-0.05, 0) is 18.9 Å². The molecule has 0 aliphatic carbocycles. The first-order valence-corrected chi connectivity index (χ1v) is 6.04. The maximum atomic E-state index is 12.2. The molecule has 2 atom stereocenters. The molecular formula is C12H22N2O3. The smallest absolute Gasteiger partial charge is 0.328 e. The zero-order valence-corrected chi connectivity index (χ0v) is 11.0. The van der Waals surface area contributed by atoms with E-state index in [4.69, 9.17) is 4.74 Å². The topological polar surface area (TPSA) is 58.6 Å². The number of methoxy groups -OCH3 is 1. The second-order valence-corrected chi connectivity index (χ2v) is 4.85. The largest absolute Gasteiger partial charge is 0.467 e. The first-order valence-electron chi connectivity index (χ1n) is 6.04. The lowest BCUT2D eigenvalue weighted by molar-refractivity contribution is -0.154. The quantitative estimate of drug-likeness (QED) is 0.718. The summed E-state index contributed by atoms with van der Waals surface area (Å²) >= 11 is 0. The Labute approximate surface area is 102 Å². The average molecular weight is 242 g/mol. The van der Waals surface area contributed by atoms with Gasteiger partial charge in [0.1, 0.15) is 6.04 Å². The maximum absolute atomic E-state index is 12.2. The van der Waals surface area contributed by atoms with Gasteiger partial charge in [0.2, 0.25) is 5.91 Å². The van der Waals surface area contributed by atoms with E-state index in [1.165, 1.54) is 12.0 Å². The highest BCUT2D eigenvalue weighted by Crippen LogP contribution is 2.17. The molecule has 0 bridgehead atoms. The van der Waals surface area contributed by atoms with Crippen molar-refractivity contribution in [3.8, 4) is 0 Å². The number of amides is 1. The van der Waals surface area contributed by atoms with Crippen LogP contribution in [0, 0.1) is 11.8 Å². The van der Waals surface area contributed by atoms with Gasteiger partial charge < -0.3 is 15.0 Å². The van der Waals surface area contributed by atoms with Gasteiger partial charge in [0.15, 0.2) is 0 Å². The molecule has 1 rings (SSSR count). The summed E-state index contributed by atoms with van der Waals surface area (Å²) in [4.78, 5) is 25.4. The Morgan fingerprint density at radius 2 is 2.06 bits per heavy atom. The molecule has 0 aromatic rings. The van der Waals surface area contributed by atoms with Crippen LogP contribution < -0.4 is 5.32 Å². The van der Waals surface area contributed by atoms with Gasteiger partial charge in [0.25, 0.3) is 0 Å². The minimum absolute atomic E-state index is 0.00842. The molecule has 0 radical (unpaired) electrons. The van der Waals surface area contributed by atoms with E-state index in [-0.39, 0.29) is 23.7 Å². The number of nitrogens with zero attached hydrogens (tertiary/aromatic N) is 1. The molecule has 0 aromatic heterocycles. The third kappa shape index (κ3) is 3.19. The second-order valence-electron chi connectivity index (χ2n) is 4.85. The summed E-state index contributed by atoms with van der Waals surface area (Å²) in [5.74, 6) is -0.280. The van der Waals surface area contributed by atoms with Crippen LogP contribution in [-0.2, 0) is 14.3 Å². The Morgan fingerprint density at radius 3 is 2.47 bits per heavy atom. The maximum Gasteiger partial charge on any atom is 0.328 e. The number of ether oxygens (including phenoxy) is 1. The number of likely N-dealkylation sites (N-methyl/N-ethyl adjacent to an activating group) is 1. The molecule has 0 saturated carbocycles. The number of hydrogen-bond donors (Lipinski definition) is 1. The molecule has 17 heavy (non-hydrogen) atoms. The molecule has 5 nitrogen and oxygen atoms in total. The fraction of sp³-hybridized carbons (Fsp3) is 0.833. The van der Waals surface area contributed by atoms with Crippen LogP contribution in [0.4, 0.5) is 0 Å². The van der Waals surface area contributed by atoms with Gasteiger partial charge >= 0.3 is 5.97 Å². The molecule has 0 aromatic carbocycles. The van der Waals surface area contributed by atoms with Crippen LogP contribution in [0.5, 0.6) is 0 Å². The van der Waals surface area contributed by atoms with E-state index < -0.39 is 6.04 Å². The SMILES string of the molecule is COC(=O)[C@H](C(C)C)N(C)C(=O)[C@H]1CCNC1. The summed E-state index contributed by atoms with van der Waals surface area (Å²) in [5, 5.41) is 3.16. The molecule has 5 heteroatoms. The van der Waals surface area contributed by atoms with E-state index in [0.29, 0.717) is 6.54 Å². The third-order valence-corrected chi connectivity index (χ3v) is 3.25. The van der Waals surface area contributed by atoms with Crippen molar-refractivity contribution in [2.75, 3.05) is 27.2 Å². The lowest BCUT2D eigenvalue weighted by Gasteiger charge is -2.30. The highest BCUT2D eigenvalue weighted by atomic mass is 16.5. The monoisotopic (exact) mass is 242 g/mol. The van der Waals surface area contributed by atoms with Crippen LogP contribution in [0.25, 0.3) is 0 Å². The second kappa shape index (κ2) is 6.00. The third-order valence-electron chi connectivity index (χ3n) is 3.25. The van der Waals surface area contributed by atoms with E-state index in [2.05, 4.69) is 5.32 Å². The van der Waals surface area contributed by atoms with Crippen LogP contribution in [0.15, 0.2) is 0 Å². The Morgan fingerprint density at radius 1 is 1.41 bits per heavy atom. The van der Waals surface area contributed by atoms with Crippen LogP contribution >= 0.6 is 0 Å². The minimum atomic E-state index is -0.493. The normalized spacial score (nSPS) is 21.4. The molecule has 1 heterocycles. The fourth-order valence-electron chi connectivity index (χ4n) is 2.29. The summed E-state index contributed by atoms with van der Waals surface area (Å²) < 4.78 is 4.76. The van der Waals surface area contributed by atoms with Crippen molar-refractivity contribution in [3.05, 3.63) is 0 Å². The molecule has 1 N–H and O–H groups in total. The first-order chi connectivity index (χ1) is 7.99. The van der Waals surface area contributed by atoms with Crippen LogP contribution in [0.2, 0.25) is 0 Å². The van der Waals surface area contributed by atoms with Crippen molar-refractivity contribution in [2.24, 2.45) is 11.8 Å². The highest BCUT2D eigenvalue weighted by molar-refractivity contribution is 5.86. The molecule has 98 valence electrons. The number of hydrogen-bond acceptors (Lipinski definition) is 4. The number of rotatable bonds is 4. The van der Waals surface area contributed by atoms with E-state index >= 15 is 0 Å². The fourth-order valence-corrected chi connectivity index (χ4v) is 2.29. The zero-order valence-electron chi connectivity index (χ0n) is 11.0. The van der Waals surface area contributed by atoms with Crippen molar-refractivity contribution >= 4 is 11.9 Å². The molecule has 1 aliphatic rings. The lowest BCUT2D eigenvalue weighted by atomic mass is 10.00. The Bertz CT molecular complexity index is 285. The number of carbonyl (C=O) groups excluding carboxylic acids is 2. The summed E-state index contributed by atoms with van der Waals surface area (Å²) in [7, 11) is 3.04. The number of esters is 1. The molecule has 1 saturated heterocycles. The van der Waals surface area contributed by atoms with Gasteiger partial charge in [-0.3, -0.25) is 4.79 Å². The molecule has 1 fully saturated rings. The van der Waals surface area contributed by atoms with Crippen molar-refractivity contribution in [1.29, 1.82) is 0 Å². The van der Waals surface area contributed by atoms with Crippen molar-refractivity contribution in [2.45, 2.75) is 26.3 Å². The average Bonchev–Trinajstić information content (AvgIpc) is 2.80. The predicted molar refractivity (Wildman–Crippen MR) is 64.4 cm³/mol. The van der Waals surface area contributed by atoms with Gasteiger partial charge in [-0.25, -0.2) is 4.79 Å².